The molecule has 1 aromatic carbocycles. The number of rotatable bonds is 1. The topological polar surface area (TPSA) is 19.9 Å². The van der Waals surface area contributed by atoms with E-state index in [9.17, 15) is 9.50 Å². The van der Waals surface area contributed by atoms with Gasteiger partial charge >= 0.3 is 0 Å². The zero-order chi connectivity index (χ0) is 6.69. The molecule has 1 aromatic rings. The van der Waals surface area contributed by atoms with Gasteiger partial charge in [0.15, 0.2) is 0 Å². The van der Waals surface area contributed by atoms with Crippen molar-refractivity contribution in [1.82, 2.24) is 0 Å². The smallest absolute Gasteiger partial charge is 0.123 e. The first-order valence-corrected chi connectivity index (χ1v) is 2.65. The van der Waals surface area contributed by atoms with Gasteiger partial charge in [-0.25, -0.2) is 9.50 Å². The lowest BCUT2D eigenvalue weighted by Gasteiger charge is -1.90. The molecule has 0 aliphatic heterocycles. The maximum absolute atomic E-state index is 12.1. The van der Waals surface area contributed by atoms with E-state index in [1.165, 1.54) is 24.3 Å². The van der Waals surface area contributed by atoms with Crippen LogP contribution in [0.5, 0.6) is 0 Å². The van der Waals surface area contributed by atoms with Crippen LogP contribution in [-0.4, -0.2) is 0 Å². The first-order chi connectivity index (χ1) is 4.33. The molecule has 1 radical (unpaired) electrons. The highest BCUT2D eigenvalue weighted by Crippen LogP contribution is 2.01. The van der Waals surface area contributed by atoms with Gasteiger partial charge in [0.05, 0.1) is 0 Å². The first kappa shape index (κ1) is 6.23. The summed E-state index contributed by atoms with van der Waals surface area (Å²) in [5, 5.41) is 10.1. The van der Waals surface area contributed by atoms with Crippen LogP contribution in [0.1, 0.15) is 5.56 Å². The van der Waals surface area contributed by atoms with Gasteiger partial charge in [0.2, 0.25) is 0 Å². The van der Waals surface area contributed by atoms with Crippen LogP contribution < -0.4 is 0 Å². The van der Waals surface area contributed by atoms with Crippen LogP contribution in [0.15, 0.2) is 24.3 Å². The van der Waals surface area contributed by atoms with Gasteiger partial charge in [-0.15, -0.1) is 0 Å². The molecule has 9 heavy (non-hydrogen) atoms. The van der Waals surface area contributed by atoms with Gasteiger partial charge in [0, 0.05) is 0 Å². The second kappa shape index (κ2) is 2.60. The van der Waals surface area contributed by atoms with Crippen LogP contribution in [0.3, 0.4) is 0 Å². The predicted molar refractivity (Wildman–Crippen MR) is 30.8 cm³/mol. The summed E-state index contributed by atoms with van der Waals surface area (Å²) >= 11 is 0. The standard InChI is InChI=1S/C7H6FO/c8-7-3-1-6(5-9)2-4-7/h1-4H,5H2. The molecule has 0 heterocycles. The van der Waals surface area contributed by atoms with Crippen molar-refractivity contribution < 1.29 is 9.50 Å². The quantitative estimate of drug-likeness (QED) is 0.545. The second-order valence-electron chi connectivity index (χ2n) is 1.77. The molecule has 0 saturated heterocycles. The third kappa shape index (κ3) is 1.50. The SMILES string of the molecule is [O]Cc1ccc(F)cc1. The van der Waals surface area contributed by atoms with Crippen LogP contribution in [0.2, 0.25) is 0 Å². The van der Waals surface area contributed by atoms with E-state index in [-0.39, 0.29) is 12.4 Å². The van der Waals surface area contributed by atoms with E-state index in [1.807, 2.05) is 0 Å². The van der Waals surface area contributed by atoms with Crippen LogP contribution in [0.4, 0.5) is 4.39 Å². The Morgan fingerprint density at radius 3 is 2.22 bits per heavy atom. The molecule has 47 valence electrons. The third-order valence-electron chi connectivity index (χ3n) is 1.08. The minimum absolute atomic E-state index is 0.278. The first-order valence-electron chi connectivity index (χ1n) is 2.65. The Morgan fingerprint density at radius 1 is 1.22 bits per heavy atom. The Kier molecular flexibility index (Phi) is 1.80. The van der Waals surface area contributed by atoms with Crippen molar-refractivity contribution in [2.24, 2.45) is 0 Å². The molecule has 0 unspecified atom stereocenters. The summed E-state index contributed by atoms with van der Waals surface area (Å²) in [6.45, 7) is -0.278. The summed E-state index contributed by atoms with van der Waals surface area (Å²) < 4.78 is 12.1. The lowest BCUT2D eigenvalue weighted by molar-refractivity contribution is 0.177. The molecule has 0 spiro atoms. The van der Waals surface area contributed by atoms with Crippen molar-refractivity contribution in [3.63, 3.8) is 0 Å². The van der Waals surface area contributed by atoms with Gasteiger partial charge in [-0.2, -0.15) is 0 Å². The van der Waals surface area contributed by atoms with Crippen molar-refractivity contribution in [3.05, 3.63) is 35.6 Å². The summed E-state index contributed by atoms with van der Waals surface area (Å²) in [6.07, 6.45) is 0. The molecule has 1 rings (SSSR count). The van der Waals surface area contributed by atoms with E-state index < -0.39 is 0 Å². The average Bonchev–Trinajstić information content (AvgIpc) is 1.90. The normalized spacial score (nSPS) is 9.56. The predicted octanol–water partition coefficient (Wildman–Crippen LogP) is 1.76. The minimum atomic E-state index is -0.299. The zero-order valence-electron chi connectivity index (χ0n) is 4.80. The lowest BCUT2D eigenvalue weighted by Crippen LogP contribution is -1.79. The average molecular weight is 125 g/mol. The van der Waals surface area contributed by atoms with Crippen molar-refractivity contribution in [1.29, 1.82) is 0 Å². The van der Waals surface area contributed by atoms with Crippen molar-refractivity contribution in [3.8, 4) is 0 Å². The molecule has 0 amide bonds. The van der Waals surface area contributed by atoms with Gasteiger partial charge in [-0.1, -0.05) is 12.1 Å². The molecule has 0 saturated carbocycles. The molecule has 0 fully saturated rings. The van der Waals surface area contributed by atoms with Crippen LogP contribution >= 0.6 is 0 Å². The molecular formula is C7H6FO. The van der Waals surface area contributed by atoms with Crippen molar-refractivity contribution in [2.45, 2.75) is 6.61 Å². The fourth-order valence-corrected chi connectivity index (χ4v) is 0.581. The van der Waals surface area contributed by atoms with Gasteiger partial charge in [-0.3, -0.25) is 0 Å². The van der Waals surface area contributed by atoms with Gasteiger partial charge in [-0.05, 0) is 17.7 Å². The number of halogens is 1. The van der Waals surface area contributed by atoms with Gasteiger partial charge in [0.25, 0.3) is 0 Å². The Hall–Kier alpha value is -0.890. The van der Waals surface area contributed by atoms with E-state index in [2.05, 4.69) is 0 Å². The number of hydrogen-bond acceptors (Lipinski definition) is 0. The van der Waals surface area contributed by atoms with Crippen LogP contribution in [0, 0.1) is 5.82 Å². The lowest BCUT2D eigenvalue weighted by atomic mass is 10.2. The number of benzene rings is 1. The van der Waals surface area contributed by atoms with Crippen LogP contribution in [-0.2, 0) is 11.7 Å². The summed E-state index contributed by atoms with van der Waals surface area (Å²) in [5.41, 5.74) is 0.622. The molecule has 0 aliphatic carbocycles. The fourth-order valence-electron chi connectivity index (χ4n) is 0.581. The highest BCUT2D eigenvalue weighted by Gasteiger charge is 1.89. The third-order valence-corrected chi connectivity index (χ3v) is 1.08. The summed E-state index contributed by atoms with van der Waals surface area (Å²) in [6, 6.07) is 5.55. The molecule has 0 atom stereocenters. The fraction of sp³-hybridized carbons (Fsp3) is 0.143. The molecule has 0 aliphatic rings. The van der Waals surface area contributed by atoms with Gasteiger partial charge in [0.1, 0.15) is 12.4 Å². The molecule has 0 bridgehead atoms. The Labute approximate surface area is 52.8 Å². The molecule has 2 heteroatoms. The zero-order valence-corrected chi connectivity index (χ0v) is 4.80. The molecule has 1 nitrogen and oxygen atoms in total. The molecular weight excluding hydrogens is 119 g/mol. The van der Waals surface area contributed by atoms with E-state index in [0.717, 1.165) is 0 Å². The summed E-state index contributed by atoms with van der Waals surface area (Å²) in [5.74, 6) is -0.299. The van der Waals surface area contributed by atoms with E-state index in [4.69, 9.17) is 0 Å². The highest BCUT2D eigenvalue weighted by atomic mass is 19.1. The molecule has 0 N–H and O–H groups in total. The monoisotopic (exact) mass is 125 g/mol. The van der Waals surface area contributed by atoms with E-state index in [1.54, 1.807) is 0 Å². The van der Waals surface area contributed by atoms with Crippen LogP contribution in [0.25, 0.3) is 0 Å². The largest absolute Gasteiger partial charge is 0.232 e. The van der Waals surface area contributed by atoms with Gasteiger partial charge < -0.3 is 0 Å². The van der Waals surface area contributed by atoms with E-state index in [0.29, 0.717) is 5.56 Å². The summed E-state index contributed by atoms with van der Waals surface area (Å²) in [7, 11) is 0. The van der Waals surface area contributed by atoms with Crippen molar-refractivity contribution >= 4 is 0 Å². The maximum Gasteiger partial charge on any atom is 0.123 e. The van der Waals surface area contributed by atoms with Crippen molar-refractivity contribution in [2.75, 3.05) is 0 Å². The Morgan fingerprint density at radius 2 is 1.78 bits per heavy atom. The van der Waals surface area contributed by atoms with E-state index >= 15 is 0 Å². The number of hydrogen-bond donors (Lipinski definition) is 0. The maximum atomic E-state index is 12.1. The highest BCUT2D eigenvalue weighted by molar-refractivity contribution is 5.14. The Balaban J connectivity index is 2.88. The minimum Gasteiger partial charge on any atom is -0.232 e. The Bertz CT molecular complexity index is 181. The molecule has 0 aromatic heterocycles. The summed E-state index contributed by atoms with van der Waals surface area (Å²) in [4.78, 5) is 0. The second-order valence-corrected chi connectivity index (χ2v) is 1.77.